The van der Waals surface area contributed by atoms with E-state index in [1.54, 1.807) is 7.11 Å². The molecule has 1 aromatic rings. The topological polar surface area (TPSA) is 70.6 Å². The van der Waals surface area contributed by atoms with E-state index in [1.807, 2.05) is 24.3 Å². The first kappa shape index (κ1) is 11.9. The Balaban J connectivity index is 1.94. The zero-order valence-electron chi connectivity index (χ0n) is 9.69. The average molecular weight is 236 g/mol. The summed E-state index contributed by atoms with van der Waals surface area (Å²) in [6.07, 6.45) is 0. The van der Waals surface area contributed by atoms with E-state index in [1.165, 1.54) is 0 Å². The summed E-state index contributed by atoms with van der Waals surface area (Å²) in [6.45, 7) is 1.48. The molecule has 3 N–H and O–H groups in total. The van der Waals surface area contributed by atoms with E-state index in [4.69, 9.17) is 9.84 Å². The van der Waals surface area contributed by atoms with Crippen LogP contribution in [-0.2, 0) is 11.3 Å². The summed E-state index contributed by atoms with van der Waals surface area (Å²) in [5.74, 6) is -0.00299. The summed E-state index contributed by atoms with van der Waals surface area (Å²) in [7, 11) is 1.62. The SMILES string of the molecule is COc1ccc(CNC2(C(=O)O)CNC2)cc1. The monoisotopic (exact) mass is 236 g/mol. The maximum atomic E-state index is 11.1. The number of carboxylic acids is 1. The van der Waals surface area contributed by atoms with Gasteiger partial charge in [0.15, 0.2) is 0 Å². The molecule has 1 saturated heterocycles. The number of carboxylic acid groups (broad SMARTS) is 1. The molecule has 0 bridgehead atoms. The number of methoxy groups -OCH3 is 1. The van der Waals surface area contributed by atoms with Crippen LogP contribution in [0.5, 0.6) is 5.75 Å². The minimum absolute atomic E-state index is 0.471. The summed E-state index contributed by atoms with van der Waals surface area (Å²) in [4.78, 5) is 11.1. The zero-order chi connectivity index (χ0) is 12.3. The van der Waals surface area contributed by atoms with Gasteiger partial charge in [-0.05, 0) is 17.7 Å². The van der Waals surface area contributed by atoms with Crippen LogP contribution < -0.4 is 15.4 Å². The Hall–Kier alpha value is -1.59. The van der Waals surface area contributed by atoms with E-state index in [0.29, 0.717) is 19.6 Å². The van der Waals surface area contributed by atoms with E-state index in [-0.39, 0.29) is 0 Å². The molecule has 92 valence electrons. The number of benzene rings is 1. The number of rotatable bonds is 5. The largest absolute Gasteiger partial charge is 0.497 e. The molecule has 17 heavy (non-hydrogen) atoms. The van der Waals surface area contributed by atoms with E-state index < -0.39 is 11.5 Å². The van der Waals surface area contributed by atoms with Crippen molar-refractivity contribution in [3.05, 3.63) is 29.8 Å². The smallest absolute Gasteiger partial charge is 0.326 e. The molecule has 5 heteroatoms. The van der Waals surface area contributed by atoms with Crippen LogP contribution >= 0.6 is 0 Å². The highest BCUT2D eigenvalue weighted by Gasteiger charge is 2.43. The Morgan fingerprint density at radius 2 is 2.12 bits per heavy atom. The second-order valence-corrected chi connectivity index (χ2v) is 4.19. The molecule has 1 heterocycles. The molecule has 1 aromatic carbocycles. The Morgan fingerprint density at radius 1 is 1.47 bits per heavy atom. The van der Waals surface area contributed by atoms with Crippen molar-refractivity contribution < 1.29 is 14.6 Å². The van der Waals surface area contributed by atoms with Crippen molar-refractivity contribution >= 4 is 5.97 Å². The van der Waals surface area contributed by atoms with Crippen LogP contribution in [0.1, 0.15) is 5.56 Å². The minimum Gasteiger partial charge on any atom is -0.497 e. The van der Waals surface area contributed by atoms with Gasteiger partial charge in [0.25, 0.3) is 0 Å². The Labute approximate surface area is 99.8 Å². The number of hydrogen-bond acceptors (Lipinski definition) is 4. The molecular formula is C12H16N2O3. The predicted octanol–water partition coefficient (Wildman–Crippen LogP) is 0.211. The van der Waals surface area contributed by atoms with Gasteiger partial charge in [-0.1, -0.05) is 12.1 Å². The third-order valence-corrected chi connectivity index (χ3v) is 3.05. The lowest BCUT2D eigenvalue weighted by Gasteiger charge is -2.39. The molecule has 0 amide bonds. The first-order chi connectivity index (χ1) is 8.16. The lowest BCUT2D eigenvalue weighted by atomic mass is 9.92. The van der Waals surface area contributed by atoms with E-state index in [0.717, 1.165) is 11.3 Å². The summed E-state index contributed by atoms with van der Waals surface area (Å²) >= 11 is 0. The van der Waals surface area contributed by atoms with Crippen molar-refractivity contribution in [2.45, 2.75) is 12.1 Å². The molecule has 0 saturated carbocycles. The molecule has 1 aliphatic rings. The molecule has 1 aliphatic heterocycles. The number of ether oxygens (including phenoxy) is 1. The standard InChI is InChI=1S/C12H16N2O3/c1-17-10-4-2-9(3-5-10)6-14-12(11(15)16)7-13-8-12/h2-5,13-14H,6-8H2,1H3,(H,15,16). The van der Waals surface area contributed by atoms with Crippen LogP contribution in [0, 0.1) is 0 Å². The number of nitrogens with one attached hydrogen (secondary N) is 2. The Bertz CT molecular complexity index is 399. The number of hydrogen-bond donors (Lipinski definition) is 3. The van der Waals surface area contributed by atoms with Gasteiger partial charge in [0.1, 0.15) is 11.3 Å². The van der Waals surface area contributed by atoms with E-state index >= 15 is 0 Å². The fraction of sp³-hybridized carbons (Fsp3) is 0.417. The van der Waals surface area contributed by atoms with Crippen LogP contribution in [0.3, 0.4) is 0 Å². The molecule has 2 rings (SSSR count). The third kappa shape index (κ3) is 2.40. The van der Waals surface area contributed by atoms with Crippen LogP contribution in [0.15, 0.2) is 24.3 Å². The molecule has 0 spiro atoms. The van der Waals surface area contributed by atoms with Gasteiger partial charge in [-0.2, -0.15) is 0 Å². The summed E-state index contributed by atoms with van der Waals surface area (Å²) < 4.78 is 5.06. The van der Waals surface area contributed by atoms with Crippen LogP contribution in [0.25, 0.3) is 0 Å². The lowest BCUT2D eigenvalue weighted by Crippen LogP contribution is -2.71. The van der Waals surface area contributed by atoms with Crippen molar-refractivity contribution in [3.8, 4) is 5.75 Å². The molecule has 0 atom stereocenters. The molecule has 0 radical (unpaired) electrons. The van der Waals surface area contributed by atoms with Gasteiger partial charge >= 0.3 is 5.97 Å². The van der Waals surface area contributed by atoms with Crippen molar-refractivity contribution in [1.29, 1.82) is 0 Å². The van der Waals surface area contributed by atoms with E-state index in [9.17, 15) is 4.79 Å². The maximum absolute atomic E-state index is 11.1. The molecule has 5 nitrogen and oxygen atoms in total. The third-order valence-electron chi connectivity index (χ3n) is 3.05. The number of carbonyl (C=O) groups is 1. The molecular weight excluding hydrogens is 220 g/mol. The Morgan fingerprint density at radius 3 is 2.53 bits per heavy atom. The van der Waals surface area contributed by atoms with Gasteiger partial charge in [-0.25, -0.2) is 0 Å². The van der Waals surface area contributed by atoms with Gasteiger partial charge < -0.3 is 15.2 Å². The normalized spacial score (nSPS) is 17.2. The Kier molecular flexibility index (Phi) is 3.31. The molecule has 0 aromatic heterocycles. The van der Waals surface area contributed by atoms with Gasteiger partial charge in [-0.15, -0.1) is 0 Å². The molecule has 1 fully saturated rings. The molecule has 0 aliphatic carbocycles. The average Bonchev–Trinajstić information content (AvgIpc) is 2.28. The fourth-order valence-electron chi connectivity index (χ4n) is 1.74. The van der Waals surface area contributed by atoms with Crippen molar-refractivity contribution in [3.63, 3.8) is 0 Å². The lowest BCUT2D eigenvalue weighted by molar-refractivity contribution is -0.147. The maximum Gasteiger partial charge on any atom is 0.326 e. The van der Waals surface area contributed by atoms with Crippen LogP contribution in [0.4, 0.5) is 0 Å². The summed E-state index contributed by atoms with van der Waals surface area (Å²) in [5.41, 5.74) is 0.234. The van der Waals surface area contributed by atoms with Crippen LogP contribution in [-0.4, -0.2) is 36.8 Å². The highest BCUT2D eigenvalue weighted by Crippen LogP contribution is 2.15. The second kappa shape index (κ2) is 4.73. The summed E-state index contributed by atoms with van der Waals surface area (Å²) in [5, 5.41) is 15.2. The van der Waals surface area contributed by atoms with Crippen molar-refractivity contribution in [1.82, 2.24) is 10.6 Å². The van der Waals surface area contributed by atoms with Gasteiger partial charge in [0.05, 0.1) is 7.11 Å². The predicted molar refractivity (Wildman–Crippen MR) is 63.1 cm³/mol. The minimum atomic E-state index is -0.806. The van der Waals surface area contributed by atoms with E-state index in [2.05, 4.69) is 10.6 Å². The first-order valence-electron chi connectivity index (χ1n) is 5.48. The van der Waals surface area contributed by atoms with Gasteiger partial charge in [0, 0.05) is 19.6 Å². The highest BCUT2D eigenvalue weighted by atomic mass is 16.5. The number of aliphatic carboxylic acids is 1. The second-order valence-electron chi connectivity index (χ2n) is 4.19. The molecule has 0 unspecified atom stereocenters. The quantitative estimate of drug-likeness (QED) is 0.682. The first-order valence-corrected chi connectivity index (χ1v) is 5.48. The summed E-state index contributed by atoms with van der Waals surface area (Å²) in [6, 6.07) is 7.58. The van der Waals surface area contributed by atoms with Gasteiger partial charge in [-0.3, -0.25) is 10.1 Å². The van der Waals surface area contributed by atoms with Crippen molar-refractivity contribution in [2.24, 2.45) is 0 Å². The fourth-order valence-corrected chi connectivity index (χ4v) is 1.74. The van der Waals surface area contributed by atoms with Crippen molar-refractivity contribution in [2.75, 3.05) is 20.2 Å². The van der Waals surface area contributed by atoms with Crippen LogP contribution in [0.2, 0.25) is 0 Å². The van der Waals surface area contributed by atoms with Gasteiger partial charge in [0.2, 0.25) is 0 Å². The zero-order valence-corrected chi connectivity index (χ0v) is 9.69. The highest BCUT2D eigenvalue weighted by molar-refractivity contribution is 5.81.